The number of aryl methyl sites for hydroxylation is 2. The Balaban J connectivity index is 1.97. The van der Waals surface area contributed by atoms with Crippen LogP contribution in [-0.4, -0.2) is 5.91 Å². The Bertz CT molecular complexity index is 540. The molecule has 1 heterocycles. The Morgan fingerprint density at radius 3 is 2.47 bits per heavy atom. The van der Waals surface area contributed by atoms with Crippen molar-refractivity contribution in [2.45, 2.75) is 33.1 Å². The van der Waals surface area contributed by atoms with E-state index in [2.05, 4.69) is 24.4 Å². The third-order valence-electron chi connectivity index (χ3n) is 2.99. The molecule has 0 unspecified atom stereocenters. The fourth-order valence-corrected chi connectivity index (χ4v) is 1.88. The van der Waals surface area contributed by atoms with Gasteiger partial charge in [-0.1, -0.05) is 25.5 Å². The molecular formula is C16H19NO2. The molecule has 3 heteroatoms. The van der Waals surface area contributed by atoms with Crippen molar-refractivity contribution in [1.29, 1.82) is 0 Å². The fraction of sp³-hybridized carbons (Fsp3) is 0.312. The van der Waals surface area contributed by atoms with Crippen LogP contribution in [0.25, 0.3) is 0 Å². The van der Waals surface area contributed by atoms with Crippen molar-refractivity contribution < 1.29 is 9.21 Å². The molecule has 0 saturated carbocycles. The Labute approximate surface area is 113 Å². The highest BCUT2D eigenvalue weighted by Gasteiger charge is 2.09. The molecule has 2 aromatic rings. The zero-order valence-electron chi connectivity index (χ0n) is 11.4. The third kappa shape index (κ3) is 3.71. The molecule has 0 saturated heterocycles. The van der Waals surface area contributed by atoms with E-state index in [0.717, 1.165) is 17.9 Å². The quantitative estimate of drug-likeness (QED) is 0.873. The molecule has 19 heavy (non-hydrogen) atoms. The van der Waals surface area contributed by atoms with Gasteiger partial charge in [0.15, 0.2) is 5.76 Å². The Hall–Kier alpha value is -2.03. The molecule has 1 aromatic carbocycles. The summed E-state index contributed by atoms with van der Waals surface area (Å²) in [7, 11) is 0. The van der Waals surface area contributed by atoms with Gasteiger partial charge in [-0.25, -0.2) is 0 Å². The standard InChI is InChI=1S/C16H19NO2/c1-3-4-5-13-7-9-14(10-8-13)17-16(18)15-11-6-12(2)19-15/h6-11H,3-5H2,1-2H3,(H,17,18). The van der Waals surface area contributed by atoms with Gasteiger partial charge in [0.25, 0.3) is 5.91 Å². The van der Waals surface area contributed by atoms with Crippen molar-refractivity contribution in [3.63, 3.8) is 0 Å². The zero-order chi connectivity index (χ0) is 13.7. The molecule has 0 aliphatic carbocycles. The van der Waals surface area contributed by atoms with Gasteiger partial charge >= 0.3 is 0 Å². The molecule has 100 valence electrons. The van der Waals surface area contributed by atoms with Crippen molar-refractivity contribution in [1.82, 2.24) is 0 Å². The maximum Gasteiger partial charge on any atom is 0.291 e. The summed E-state index contributed by atoms with van der Waals surface area (Å²) in [5.41, 5.74) is 2.09. The maximum absolute atomic E-state index is 11.9. The SMILES string of the molecule is CCCCc1ccc(NC(=O)c2ccc(C)o2)cc1. The van der Waals surface area contributed by atoms with Gasteiger partial charge < -0.3 is 9.73 Å². The molecule has 0 spiro atoms. The molecule has 1 N–H and O–H groups in total. The van der Waals surface area contributed by atoms with E-state index in [1.807, 2.05) is 19.1 Å². The number of nitrogens with one attached hydrogen (secondary N) is 1. The van der Waals surface area contributed by atoms with Crippen molar-refractivity contribution in [3.05, 3.63) is 53.5 Å². The minimum absolute atomic E-state index is 0.214. The largest absolute Gasteiger partial charge is 0.456 e. The van der Waals surface area contributed by atoms with E-state index in [9.17, 15) is 4.79 Å². The number of furan rings is 1. The minimum atomic E-state index is -0.214. The third-order valence-corrected chi connectivity index (χ3v) is 2.99. The number of unbranched alkanes of at least 4 members (excludes halogenated alkanes) is 1. The molecule has 1 amide bonds. The first-order valence-electron chi connectivity index (χ1n) is 6.66. The van der Waals surface area contributed by atoms with Gasteiger partial charge in [-0.3, -0.25) is 4.79 Å². The van der Waals surface area contributed by atoms with Gasteiger partial charge in [0.1, 0.15) is 5.76 Å². The van der Waals surface area contributed by atoms with E-state index >= 15 is 0 Å². The van der Waals surface area contributed by atoms with Gasteiger partial charge in [0.05, 0.1) is 0 Å². The molecular weight excluding hydrogens is 238 g/mol. The van der Waals surface area contributed by atoms with Crippen molar-refractivity contribution >= 4 is 11.6 Å². The average molecular weight is 257 g/mol. The summed E-state index contributed by atoms with van der Waals surface area (Å²) in [4.78, 5) is 11.9. The van der Waals surface area contributed by atoms with Crippen LogP contribution in [0.5, 0.6) is 0 Å². The van der Waals surface area contributed by atoms with E-state index < -0.39 is 0 Å². The lowest BCUT2D eigenvalue weighted by atomic mass is 10.1. The normalized spacial score (nSPS) is 10.4. The summed E-state index contributed by atoms with van der Waals surface area (Å²) in [6, 6.07) is 11.4. The zero-order valence-corrected chi connectivity index (χ0v) is 11.4. The van der Waals surface area contributed by atoms with Crippen LogP contribution in [0.4, 0.5) is 5.69 Å². The molecule has 0 fully saturated rings. The minimum Gasteiger partial charge on any atom is -0.456 e. The number of hydrogen-bond donors (Lipinski definition) is 1. The number of hydrogen-bond acceptors (Lipinski definition) is 2. The van der Waals surface area contributed by atoms with E-state index in [4.69, 9.17) is 4.42 Å². The van der Waals surface area contributed by atoms with Crippen LogP contribution in [0.3, 0.4) is 0 Å². The van der Waals surface area contributed by atoms with Gasteiger partial charge in [-0.05, 0) is 49.6 Å². The number of carbonyl (C=O) groups excluding carboxylic acids is 1. The number of amides is 1. The fourth-order valence-electron chi connectivity index (χ4n) is 1.88. The highest BCUT2D eigenvalue weighted by atomic mass is 16.3. The summed E-state index contributed by atoms with van der Waals surface area (Å²) in [5, 5.41) is 2.82. The summed E-state index contributed by atoms with van der Waals surface area (Å²) >= 11 is 0. The highest BCUT2D eigenvalue weighted by molar-refractivity contribution is 6.02. The molecule has 1 aromatic heterocycles. The molecule has 0 atom stereocenters. The summed E-state index contributed by atoms with van der Waals surface area (Å²) < 4.78 is 5.28. The lowest BCUT2D eigenvalue weighted by Crippen LogP contribution is -2.10. The van der Waals surface area contributed by atoms with Gasteiger partial charge in [0.2, 0.25) is 0 Å². The highest BCUT2D eigenvalue weighted by Crippen LogP contribution is 2.14. The van der Waals surface area contributed by atoms with Crippen LogP contribution in [0, 0.1) is 6.92 Å². The monoisotopic (exact) mass is 257 g/mol. The van der Waals surface area contributed by atoms with Crippen molar-refractivity contribution in [2.75, 3.05) is 5.32 Å². The molecule has 0 aliphatic rings. The molecule has 3 nitrogen and oxygen atoms in total. The molecule has 0 radical (unpaired) electrons. The average Bonchev–Trinajstić information content (AvgIpc) is 2.85. The Kier molecular flexibility index (Phi) is 4.39. The first-order valence-corrected chi connectivity index (χ1v) is 6.66. The van der Waals surface area contributed by atoms with Crippen LogP contribution in [-0.2, 0) is 6.42 Å². The summed E-state index contributed by atoms with van der Waals surface area (Å²) in [5.74, 6) is 0.863. The number of benzene rings is 1. The topological polar surface area (TPSA) is 42.2 Å². The van der Waals surface area contributed by atoms with Crippen LogP contribution in [0.2, 0.25) is 0 Å². The second-order valence-corrected chi connectivity index (χ2v) is 4.66. The van der Waals surface area contributed by atoms with Crippen LogP contribution in [0.15, 0.2) is 40.8 Å². The number of anilines is 1. The first kappa shape index (κ1) is 13.4. The number of rotatable bonds is 5. The van der Waals surface area contributed by atoms with Crippen molar-refractivity contribution in [2.24, 2.45) is 0 Å². The van der Waals surface area contributed by atoms with E-state index in [1.54, 1.807) is 12.1 Å². The second kappa shape index (κ2) is 6.23. The van der Waals surface area contributed by atoms with Crippen LogP contribution >= 0.6 is 0 Å². The van der Waals surface area contributed by atoms with E-state index in [1.165, 1.54) is 18.4 Å². The molecule has 2 rings (SSSR count). The number of carbonyl (C=O) groups is 1. The van der Waals surface area contributed by atoms with Crippen LogP contribution < -0.4 is 5.32 Å². The van der Waals surface area contributed by atoms with Crippen LogP contribution in [0.1, 0.15) is 41.6 Å². The summed E-state index contributed by atoms with van der Waals surface area (Å²) in [6.45, 7) is 4.00. The van der Waals surface area contributed by atoms with Gasteiger partial charge in [-0.15, -0.1) is 0 Å². The van der Waals surface area contributed by atoms with Gasteiger partial charge in [0, 0.05) is 5.69 Å². The maximum atomic E-state index is 11.9. The van der Waals surface area contributed by atoms with Gasteiger partial charge in [-0.2, -0.15) is 0 Å². The molecule has 0 aliphatic heterocycles. The van der Waals surface area contributed by atoms with E-state index in [-0.39, 0.29) is 5.91 Å². The second-order valence-electron chi connectivity index (χ2n) is 4.66. The predicted molar refractivity (Wildman–Crippen MR) is 76.5 cm³/mol. The lowest BCUT2D eigenvalue weighted by molar-refractivity contribution is 0.0995. The summed E-state index contributed by atoms with van der Waals surface area (Å²) in [6.07, 6.45) is 3.47. The Morgan fingerprint density at radius 2 is 1.89 bits per heavy atom. The van der Waals surface area contributed by atoms with E-state index in [0.29, 0.717) is 5.76 Å². The predicted octanol–water partition coefficient (Wildman–Crippen LogP) is 4.18. The lowest BCUT2D eigenvalue weighted by Gasteiger charge is -2.05. The first-order chi connectivity index (χ1) is 9.19. The Morgan fingerprint density at radius 1 is 1.16 bits per heavy atom. The smallest absolute Gasteiger partial charge is 0.291 e. The molecule has 0 bridgehead atoms. The van der Waals surface area contributed by atoms with Crippen molar-refractivity contribution in [3.8, 4) is 0 Å².